The molecule has 5 heteroatoms. The summed E-state index contributed by atoms with van der Waals surface area (Å²) in [6.45, 7) is 10.3. The Morgan fingerprint density at radius 1 is 1.30 bits per heavy atom. The fourth-order valence-corrected chi connectivity index (χ4v) is 2.64. The van der Waals surface area contributed by atoms with Crippen LogP contribution >= 0.6 is 12.2 Å². The maximum atomic E-state index is 11.6. The summed E-state index contributed by atoms with van der Waals surface area (Å²) in [5.74, 6) is 0.298. The topological polar surface area (TPSA) is 41.6 Å². The van der Waals surface area contributed by atoms with E-state index in [0.29, 0.717) is 29.3 Å². The first-order valence-corrected chi connectivity index (χ1v) is 7.73. The second-order valence-electron chi connectivity index (χ2n) is 5.44. The van der Waals surface area contributed by atoms with Crippen LogP contribution in [-0.4, -0.2) is 44.8 Å². The van der Waals surface area contributed by atoms with Crippen molar-refractivity contribution in [2.75, 3.05) is 45.2 Å². The van der Waals surface area contributed by atoms with Gasteiger partial charge in [-0.3, -0.25) is 4.79 Å². The summed E-state index contributed by atoms with van der Waals surface area (Å²) in [5, 5.41) is 3.15. The second-order valence-corrected chi connectivity index (χ2v) is 5.85. The Balaban J connectivity index is 2.21. The molecule has 0 aliphatic rings. The number of likely N-dealkylation sites (N-methyl/N-ethyl adjacent to an activating group) is 1. The summed E-state index contributed by atoms with van der Waals surface area (Å²) in [6, 6.07) is 0. The fraction of sp³-hybridized carbons (Fsp3) is 0.733. The van der Waals surface area contributed by atoms with E-state index in [0.717, 1.165) is 31.7 Å². The number of nitrogens with one attached hydrogen (secondary N) is 1. The van der Waals surface area contributed by atoms with Crippen molar-refractivity contribution in [3.05, 3.63) is 20.3 Å². The molecule has 1 N–H and O–H groups in total. The van der Waals surface area contributed by atoms with E-state index in [2.05, 4.69) is 38.0 Å². The summed E-state index contributed by atoms with van der Waals surface area (Å²) in [7, 11) is 2.10. The Morgan fingerprint density at radius 2 is 2.00 bits per heavy atom. The minimum atomic E-state index is -0.0219. The molecule has 0 aliphatic heterocycles. The number of nitrogens with zero attached hydrogens (tertiary/aromatic N) is 1. The van der Waals surface area contributed by atoms with E-state index in [4.69, 9.17) is 17.0 Å². The van der Waals surface area contributed by atoms with Crippen LogP contribution in [0.1, 0.15) is 38.7 Å². The number of hydrogen-bond acceptors (Lipinski definition) is 5. The summed E-state index contributed by atoms with van der Waals surface area (Å²) in [6.07, 6.45) is 1.16. The predicted molar refractivity (Wildman–Crippen MR) is 87.1 cm³/mol. The molecule has 0 unspecified atom stereocenters. The first kappa shape index (κ1) is 17.3. The van der Waals surface area contributed by atoms with Crippen molar-refractivity contribution in [1.82, 2.24) is 4.90 Å². The number of anilines is 1. The van der Waals surface area contributed by atoms with Gasteiger partial charge in [0, 0.05) is 18.7 Å². The smallest absolute Gasteiger partial charge is 0.220 e. The van der Waals surface area contributed by atoms with Crippen molar-refractivity contribution in [1.29, 1.82) is 0 Å². The van der Waals surface area contributed by atoms with Crippen LogP contribution < -0.4 is 10.7 Å². The van der Waals surface area contributed by atoms with Gasteiger partial charge >= 0.3 is 0 Å². The lowest BCUT2D eigenvalue weighted by molar-refractivity contribution is 0.119. The van der Waals surface area contributed by atoms with Crippen molar-refractivity contribution in [3.8, 4) is 0 Å². The molecule has 1 aromatic carbocycles. The van der Waals surface area contributed by atoms with E-state index >= 15 is 0 Å². The molecular weight excluding hydrogens is 272 g/mol. The van der Waals surface area contributed by atoms with Gasteiger partial charge in [0.25, 0.3) is 0 Å². The van der Waals surface area contributed by atoms with E-state index in [1.165, 1.54) is 0 Å². The van der Waals surface area contributed by atoms with E-state index in [-0.39, 0.29) is 5.43 Å². The zero-order chi connectivity index (χ0) is 15.1. The third-order valence-electron chi connectivity index (χ3n) is 3.30. The largest absolute Gasteiger partial charge is 0.379 e. The summed E-state index contributed by atoms with van der Waals surface area (Å²) in [4.78, 5) is 13.9. The van der Waals surface area contributed by atoms with Crippen LogP contribution in [0.15, 0.2) is 4.79 Å². The SMILES string of the molecule is CCCN(C)CCOCCNc1c(C(C)C)c(=S)c1=O. The Morgan fingerprint density at radius 3 is 2.60 bits per heavy atom. The van der Waals surface area contributed by atoms with Gasteiger partial charge in [-0.05, 0) is 25.9 Å². The molecule has 4 nitrogen and oxygen atoms in total. The average Bonchev–Trinajstić information content (AvgIpc) is 2.40. The minimum Gasteiger partial charge on any atom is -0.379 e. The van der Waals surface area contributed by atoms with Crippen LogP contribution in [0.25, 0.3) is 0 Å². The van der Waals surface area contributed by atoms with E-state index in [9.17, 15) is 4.79 Å². The Labute approximate surface area is 126 Å². The van der Waals surface area contributed by atoms with Crippen LogP contribution in [0.3, 0.4) is 0 Å². The highest BCUT2D eigenvalue weighted by molar-refractivity contribution is 7.71. The van der Waals surface area contributed by atoms with Crippen LogP contribution in [-0.2, 0) is 4.74 Å². The van der Waals surface area contributed by atoms with Crippen molar-refractivity contribution >= 4 is 17.9 Å². The van der Waals surface area contributed by atoms with Gasteiger partial charge in [-0.1, -0.05) is 33.0 Å². The third-order valence-corrected chi connectivity index (χ3v) is 3.70. The highest BCUT2D eigenvalue weighted by Gasteiger charge is 2.19. The number of hydrogen-bond donors (Lipinski definition) is 1. The van der Waals surface area contributed by atoms with Gasteiger partial charge in [0.1, 0.15) is 0 Å². The van der Waals surface area contributed by atoms with Gasteiger partial charge in [0.2, 0.25) is 5.43 Å². The average molecular weight is 298 g/mol. The lowest BCUT2D eigenvalue weighted by Gasteiger charge is -2.18. The second kappa shape index (κ2) is 8.49. The maximum absolute atomic E-state index is 11.6. The molecule has 0 aromatic heterocycles. The molecule has 0 saturated carbocycles. The molecule has 0 aliphatic carbocycles. The molecule has 1 rings (SSSR count). The molecule has 0 fully saturated rings. The molecule has 0 spiro atoms. The summed E-state index contributed by atoms with van der Waals surface area (Å²) >= 11 is 5.07. The summed E-state index contributed by atoms with van der Waals surface area (Å²) < 4.78 is 6.05. The molecule has 0 saturated heterocycles. The van der Waals surface area contributed by atoms with Gasteiger partial charge < -0.3 is 15.0 Å². The fourth-order valence-electron chi connectivity index (χ4n) is 2.20. The maximum Gasteiger partial charge on any atom is 0.220 e. The molecule has 0 bridgehead atoms. The summed E-state index contributed by atoms with van der Waals surface area (Å²) in [5.41, 5.74) is 1.66. The van der Waals surface area contributed by atoms with Gasteiger partial charge in [0.15, 0.2) is 0 Å². The first-order chi connectivity index (χ1) is 9.49. The normalized spacial score (nSPS) is 11.7. The zero-order valence-corrected chi connectivity index (χ0v) is 13.8. The molecule has 1 aromatic rings. The lowest BCUT2D eigenvalue weighted by atomic mass is 9.97. The van der Waals surface area contributed by atoms with E-state index < -0.39 is 0 Å². The first-order valence-electron chi connectivity index (χ1n) is 7.32. The zero-order valence-electron chi connectivity index (χ0n) is 13.0. The van der Waals surface area contributed by atoms with E-state index in [1.54, 1.807) is 0 Å². The van der Waals surface area contributed by atoms with Crippen LogP contribution in [0, 0.1) is 4.51 Å². The molecule has 20 heavy (non-hydrogen) atoms. The standard InChI is InChI=1S/C15H26N2O2S/c1-5-7-17(4)8-10-19-9-6-16-13-12(11(2)3)15(20)14(13)18/h11,16H,5-10H2,1-4H3. The molecule has 114 valence electrons. The molecular formula is C15H26N2O2S. The molecule has 0 radical (unpaired) electrons. The highest BCUT2D eigenvalue weighted by Crippen LogP contribution is 2.25. The minimum absolute atomic E-state index is 0.0219. The Hall–Kier alpha value is -0.780. The van der Waals surface area contributed by atoms with Gasteiger partial charge in [-0.25, -0.2) is 0 Å². The van der Waals surface area contributed by atoms with Crippen LogP contribution in [0.4, 0.5) is 5.69 Å². The van der Waals surface area contributed by atoms with Crippen LogP contribution in [0.5, 0.6) is 0 Å². The molecule has 0 atom stereocenters. The van der Waals surface area contributed by atoms with Gasteiger partial charge in [-0.2, -0.15) is 0 Å². The number of ether oxygens (including phenoxy) is 1. The Kier molecular flexibility index (Phi) is 7.34. The van der Waals surface area contributed by atoms with Crippen molar-refractivity contribution < 1.29 is 4.74 Å². The monoisotopic (exact) mass is 298 g/mol. The Bertz CT molecular complexity index is 478. The lowest BCUT2D eigenvalue weighted by Crippen LogP contribution is -2.26. The van der Waals surface area contributed by atoms with Crippen molar-refractivity contribution in [2.45, 2.75) is 33.1 Å². The van der Waals surface area contributed by atoms with Crippen molar-refractivity contribution in [3.63, 3.8) is 0 Å². The van der Waals surface area contributed by atoms with Crippen LogP contribution in [0.2, 0.25) is 0 Å². The predicted octanol–water partition coefficient (Wildman–Crippen LogP) is 2.55. The van der Waals surface area contributed by atoms with E-state index in [1.807, 2.05) is 0 Å². The number of rotatable bonds is 10. The molecule has 0 heterocycles. The third kappa shape index (κ3) is 4.65. The van der Waals surface area contributed by atoms with Crippen molar-refractivity contribution in [2.24, 2.45) is 0 Å². The highest BCUT2D eigenvalue weighted by atomic mass is 32.1. The quantitative estimate of drug-likeness (QED) is 0.531. The van der Waals surface area contributed by atoms with Gasteiger partial charge in [0.05, 0.1) is 23.4 Å². The molecule has 0 amide bonds. The van der Waals surface area contributed by atoms with Gasteiger partial charge in [-0.15, -0.1) is 0 Å².